The number of rotatable bonds is 7. The fourth-order valence-corrected chi connectivity index (χ4v) is 2.74. The van der Waals surface area contributed by atoms with Crippen molar-refractivity contribution in [2.45, 2.75) is 53.0 Å². The second-order valence-electron chi connectivity index (χ2n) is 6.88. The van der Waals surface area contributed by atoms with Crippen molar-refractivity contribution in [3.63, 3.8) is 0 Å². The van der Waals surface area contributed by atoms with Crippen molar-refractivity contribution in [2.75, 3.05) is 6.61 Å². The zero-order valence-corrected chi connectivity index (χ0v) is 15.9. The summed E-state index contributed by atoms with van der Waals surface area (Å²) in [4.78, 5) is 12.2. The first-order valence-corrected chi connectivity index (χ1v) is 9.00. The molecule has 1 amide bonds. The van der Waals surface area contributed by atoms with Gasteiger partial charge in [0.25, 0.3) is 5.91 Å². The lowest BCUT2D eigenvalue weighted by atomic mass is 9.99. The maximum Gasteiger partial charge on any atom is 0.258 e. The Balaban J connectivity index is 1.92. The van der Waals surface area contributed by atoms with Crippen LogP contribution in [0, 0.1) is 13.8 Å². The van der Waals surface area contributed by atoms with Gasteiger partial charge in [0.1, 0.15) is 5.75 Å². The molecule has 0 fully saturated rings. The van der Waals surface area contributed by atoms with Crippen molar-refractivity contribution >= 4 is 5.91 Å². The third-order valence-corrected chi connectivity index (χ3v) is 4.59. The summed E-state index contributed by atoms with van der Waals surface area (Å²) < 4.78 is 5.61. The number of nitrogens with one attached hydrogen (secondary N) is 1. The molecule has 0 aliphatic heterocycles. The first kappa shape index (κ1) is 19.0. The maximum atomic E-state index is 12.2. The van der Waals surface area contributed by atoms with Crippen LogP contribution in [0.25, 0.3) is 0 Å². The highest BCUT2D eigenvalue weighted by Gasteiger charge is 2.14. The summed E-state index contributed by atoms with van der Waals surface area (Å²) >= 11 is 0. The van der Waals surface area contributed by atoms with Crippen molar-refractivity contribution in [3.05, 3.63) is 64.7 Å². The molecule has 1 unspecified atom stereocenters. The number of benzene rings is 2. The highest BCUT2D eigenvalue weighted by atomic mass is 16.5. The van der Waals surface area contributed by atoms with E-state index in [-0.39, 0.29) is 18.6 Å². The Hall–Kier alpha value is -2.29. The first-order valence-electron chi connectivity index (χ1n) is 9.00. The van der Waals surface area contributed by atoms with E-state index in [2.05, 4.69) is 58.1 Å². The molecule has 1 N–H and O–H groups in total. The molecule has 0 saturated heterocycles. The SMILES string of the molecule is CCC(NC(=O)COc1ccc(C(C)C)cc1)c1ccc(C)c(C)c1. The van der Waals surface area contributed by atoms with Crippen LogP contribution in [-0.2, 0) is 4.79 Å². The van der Waals surface area contributed by atoms with Gasteiger partial charge in [-0.25, -0.2) is 0 Å². The van der Waals surface area contributed by atoms with Crippen molar-refractivity contribution in [1.29, 1.82) is 0 Å². The Morgan fingerprint density at radius 3 is 2.20 bits per heavy atom. The quantitative estimate of drug-likeness (QED) is 0.764. The van der Waals surface area contributed by atoms with Gasteiger partial charge in [-0.05, 0) is 60.6 Å². The molecule has 0 spiro atoms. The van der Waals surface area contributed by atoms with E-state index in [0.29, 0.717) is 5.92 Å². The zero-order chi connectivity index (χ0) is 18.4. The molecule has 1 atom stereocenters. The lowest BCUT2D eigenvalue weighted by Crippen LogP contribution is -2.32. The maximum absolute atomic E-state index is 12.2. The molecule has 0 aliphatic carbocycles. The number of aryl methyl sites for hydroxylation is 2. The zero-order valence-electron chi connectivity index (χ0n) is 15.9. The van der Waals surface area contributed by atoms with E-state index in [1.165, 1.54) is 16.7 Å². The van der Waals surface area contributed by atoms with Gasteiger partial charge in [0.15, 0.2) is 6.61 Å². The Bertz CT molecular complexity index is 704. The van der Waals surface area contributed by atoms with Gasteiger partial charge in [0.2, 0.25) is 0 Å². The van der Waals surface area contributed by atoms with Crippen LogP contribution < -0.4 is 10.1 Å². The lowest BCUT2D eigenvalue weighted by molar-refractivity contribution is -0.123. The second-order valence-corrected chi connectivity index (χ2v) is 6.88. The van der Waals surface area contributed by atoms with Gasteiger partial charge >= 0.3 is 0 Å². The Morgan fingerprint density at radius 1 is 1.00 bits per heavy atom. The molecule has 2 aromatic carbocycles. The van der Waals surface area contributed by atoms with Crippen LogP contribution in [0.2, 0.25) is 0 Å². The lowest BCUT2D eigenvalue weighted by Gasteiger charge is -2.19. The van der Waals surface area contributed by atoms with E-state index in [0.717, 1.165) is 17.7 Å². The molecular formula is C22H29NO2. The standard InChI is InChI=1S/C22H29NO2/c1-6-21(19-8-7-16(4)17(5)13-19)23-22(24)14-25-20-11-9-18(10-12-20)15(2)3/h7-13,15,21H,6,14H2,1-5H3,(H,23,24). The Kier molecular flexibility index (Phi) is 6.63. The average molecular weight is 339 g/mol. The molecule has 0 bridgehead atoms. The minimum absolute atomic E-state index is 0.0127. The van der Waals surface area contributed by atoms with Gasteiger partial charge < -0.3 is 10.1 Å². The Morgan fingerprint density at radius 2 is 1.64 bits per heavy atom. The van der Waals surface area contributed by atoms with Crippen molar-refractivity contribution in [1.82, 2.24) is 5.32 Å². The van der Waals surface area contributed by atoms with Gasteiger partial charge in [-0.15, -0.1) is 0 Å². The van der Waals surface area contributed by atoms with E-state index in [1.54, 1.807) is 0 Å². The smallest absolute Gasteiger partial charge is 0.258 e. The predicted molar refractivity (Wildman–Crippen MR) is 103 cm³/mol. The van der Waals surface area contributed by atoms with Crippen LogP contribution >= 0.6 is 0 Å². The van der Waals surface area contributed by atoms with Crippen LogP contribution in [-0.4, -0.2) is 12.5 Å². The summed E-state index contributed by atoms with van der Waals surface area (Å²) in [5, 5.41) is 3.07. The highest BCUT2D eigenvalue weighted by molar-refractivity contribution is 5.78. The van der Waals surface area contributed by atoms with E-state index < -0.39 is 0 Å². The van der Waals surface area contributed by atoms with Gasteiger partial charge in [0, 0.05) is 0 Å². The van der Waals surface area contributed by atoms with Crippen LogP contribution in [0.15, 0.2) is 42.5 Å². The first-order chi connectivity index (χ1) is 11.9. The molecular weight excluding hydrogens is 310 g/mol. The number of hydrogen-bond acceptors (Lipinski definition) is 2. The average Bonchev–Trinajstić information content (AvgIpc) is 2.60. The topological polar surface area (TPSA) is 38.3 Å². The van der Waals surface area contributed by atoms with Gasteiger partial charge in [0.05, 0.1) is 6.04 Å². The fraction of sp³-hybridized carbons (Fsp3) is 0.409. The van der Waals surface area contributed by atoms with Gasteiger partial charge in [-0.1, -0.05) is 51.1 Å². The molecule has 3 heteroatoms. The molecule has 0 saturated carbocycles. The molecule has 0 heterocycles. The monoisotopic (exact) mass is 339 g/mol. The van der Waals surface area contributed by atoms with Gasteiger partial charge in [-0.2, -0.15) is 0 Å². The Labute approximate surface area is 151 Å². The minimum atomic E-state index is -0.0991. The summed E-state index contributed by atoms with van der Waals surface area (Å²) in [6, 6.07) is 14.3. The number of amides is 1. The number of carbonyl (C=O) groups is 1. The van der Waals surface area contributed by atoms with Crippen molar-refractivity contribution in [3.8, 4) is 5.75 Å². The summed E-state index contributed by atoms with van der Waals surface area (Å²) in [5.74, 6) is 1.11. The predicted octanol–water partition coefficient (Wildman–Crippen LogP) is 5.07. The van der Waals surface area contributed by atoms with Crippen LogP contribution in [0.4, 0.5) is 0 Å². The van der Waals surface area contributed by atoms with Crippen molar-refractivity contribution < 1.29 is 9.53 Å². The third kappa shape index (κ3) is 5.35. The number of hydrogen-bond donors (Lipinski definition) is 1. The largest absolute Gasteiger partial charge is 0.484 e. The fourth-order valence-electron chi connectivity index (χ4n) is 2.74. The molecule has 2 aromatic rings. The normalized spacial score (nSPS) is 12.1. The molecule has 0 aliphatic rings. The molecule has 0 aromatic heterocycles. The molecule has 3 nitrogen and oxygen atoms in total. The van der Waals surface area contributed by atoms with Crippen LogP contribution in [0.5, 0.6) is 5.75 Å². The van der Waals surface area contributed by atoms with E-state index in [1.807, 2.05) is 24.3 Å². The van der Waals surface area contributed by atoms with E-state index in [4.69, 9.17) is 4.74 Å². The summed E-state index contributed by atoms with van der Waals surface area (Å²) in [6.07, 6.45) is 0.845. The molecule has 25 heavy (non-hydrogen) atoms. The summed E-state index contributed by atoms with van der Waals surface area (Å²) in [7, 11) is 0. The van der Waals surface area contributed by atoms with Crippen LogP contribution in [0.1, 0.15) is 61.4 Å². The summed E-state index contributed by atoms with van der Waals surface area (Å²) in [6.45, 7) is 10.6. The van der Waals surface area contributed by atoms with E-state index in [9.17, 15) is 4.79 Å². The molecule has 134 valence electrons. The summed E-state index contributed by atoms with van der Waals surface area (Å²) in [5.41, 5.74) is 4.91. The van der Waals surface area contributed by atoms with E-state index >= 15 is 0 Å². The molecule has 2 rings (SSSR count). The number of carbonyl (C=O) groups excluding carboxylic acids is 1. The molecule has 0 radical (unpaired) electrons. The van der Waals surface area contributed by atoms with Crippen molar-refractivity contribution in [2.24, 2.45) is 0 Å². The second kappa shape index (κ2) is 8.70. The van der Waals surface area contributed by atoms with Crippen LogP contribution in [0.3, 0.4) is 0 Å². The minimum Gasteiger partial charge on any atom is -0.484 e. The highest BCUT2D eigenvalue weighted by Crippen LogP contribution is 2.20. The van der Waals surface area contributed by atoms with Gasteiger partial charge in [-0.3, -0.25) is 4.79 Å². The third-order valence-electron chi connectivity index (χ3n) is 4.59. The number of ether oxygens (including phenoxy) is 1.